The Morgan fingerprint density at radius 3 is 2.47 bits per heavy atom. The first-order chi connectivity index (χ1) is 6.83. The fourth-order valence-electron chi connectivity index (χ4n) is 0.817. The molecule has 1 heterocycles. The van der Waals surface area contributed by atoms with Gasteiger partial charge in [-0.25, -0.2) is 4.98 Å². The van der Waals surface area contributed by atoms with E-state index in [1.54, 1.807) is 0 Å². The van der Waals surface area contributed by atoms with E-state index in [0.717, 1.165) is 6.07 Å². The van der Waals surface area contributed by atoms with Crippen LogP contribution in [0.25, 0.3) is 0 Å². The van der Waals surface area contributed by atoms with Crippen LogP contribution in [0.5, 0.6) is 5.75 Å². The van der Waals surface area contributed by atoms with Gasteiger partial charge in [-0.05, 0) is 0 Å². The molecule has 0 unspecified atom stereocenters. The summed E-state index contributed by atoms with van der Waals surface area (Å²) in [6, 6.07) is 2.29. The highest BCUT2D eigenvalue weighted by Crippen LogP contribution is 2.31. The van der Waals surface area contributed by atoms with Crippen LogP contribution >= 0.6 is 0 Å². The Hall–Kier alpha value is -2.17. The van der Waals surface area contributed by atoms with Gasteiger partial charge in [0.1, 0.15) is 17.5 Å². The Balaban J connectivity index is 3.18. The maximum atomic E-state index is 11.9. The molecule has 1 rings (SSSR count). The Morgan fingerprint density at radius 2 is 2.00 bits per heavy atom. The molecule has 80 valence electrons. The topological polar surface area (TPSA) is 97.9 Å². The number of nitriles is 1. The molecule has 0 saturated heterocycles. The highest BCUT2D eigenvalue weighted by atomic mass is 19.4. The summed E-state index contributed by atoms with van der Waals surface area (Å²) < 4.78 is 39.2. The lowest BCUT2D eigenvalue weighted by Gasteiger charge is -2.11. The van der Waals surface area contributed by atoms with Crippen molar-refractivity contribution < 1.29 is 17.9 Å². The molecule has 0 aliphatic heterocycles. The van der Waals surface area contributed by atoms with Gasteiger partial charge in [0.15, 0.2) is 11.6 Å². The van der Waals surface area contributed by atoms with Gasteiger partial charge in [-0.2, -0.15) is 5.26 Å². The molecule has 0 atom stereocenters. The predicted molar refractivity (Wildman–Crippen MR) is 44.5 cm³/mol. The molecular formula is C7H5F3N4O. The minimum Gasteiger partial charge on any atom is -0.403 e. The number of pyridine rings is 1. The summed E-state index contributed by atoms with van der Waals surface area (Å²) in [7, 11) is 0. The number of nitrogen functional groups attached to an aromatic ring is 2. The van der Waals surface area contributed by atoms with E-state index in [9.17, 15) is 13.2 Å². The second-order valence-electron chi connectivity index (χ2n) is 2.46. The fourth-order valence-corrected chi connectivity index (χ4v) is 0.817. The van der Waals surface area contributed by atoms with E-state index in [4.69, 9.17) is 16.7 Å². The second-order valence-corrected chi connectivity index (χ2v) is 2.46. The molecule has 0 amide bonds. The zero-order chi connectivity index (χ0) is 11.6. The Bertz CT molecular complexity index is 423. The summed E-state index contributed by atoms with van der Waals surface area (Å²) in [6.45, 7) is 0. The van der Waals surface area contributed by atoms with Gasteiger partial charge in [0.2, 0.25) is 0 Å². The number of ether oxygens (including phenoxy) is 1. The number of alkyl halides is 3. The molecule has 1 aromatic heterocycles. The molecule has 5 nitrogen and oxygen atoms in total. The van der Waals surface area contributed by atoms with Gasteiger partial charge in [-0.15, -0.1) is 13.2 Å². The largest absolute Gasteiger partial charge is 0.573 e. The summed E-state index contributed by atoms with van der Waals surface area (Å²) in [5.41, 5.74) is 9.62. The van der Waals surface area contributed by atoms with E-state index in [0.29, 0.717) is 0 Å². The molecule has 15 heavy (non-hydrogen) atoms. The van der Waals surface area contributed by atoms with Gasteiger partial charge in [0.05, 0.1) is 0 Å². The van der Waals surface area contributed by atoms with Crippen molar-refractivity contribution in [3.05, 3.63) is 11.8 Å². The number of anilines is 2. The van der Waals surface area contributed by atoms with E-state index in [2.05, 4.69) is 9.72 Å². The molecule has 0 bridgehead atoms. The molecule has 0 aliphatic rings. The first-order valence-corrected chi connectivity index (χ1v) is 3.55. The molecule has 8 heteroatoms. The lowest BCUT2D eigenvalue weighted by atomic mass is 10.3. The minimum atomic E-state index is -4.89. The molecule has 0 spiro atoms. The number of aromatic nitrogens is 1. The van der Waals surface area contributed by atoms with Crippen molar-refractivity contribution in [2.75, 3.05) is 11.5 Å². The highest BCUT2D eigenvalue weighted by molar-refractivity contribution is 5.68. The zero-order valence-electron chi connectivity index (χ0n) is 7.17. The standard InChI is InChI=1S/C7H5F3N4O/c8-7(9,10)15-4-1-3(2-11)14-6(13)5(4)12/h1H,12H2,(H2,13,14). The summed E-state index contributed by atoms with van der Waals surface area (Å²) in [4.78, 5) is 3.43. The number of halogens is 3. The minimum absolute atomic E-state index is 0.305. The first-order valence-electron chi connectivity index (χ1n) is 3.55. The summed E-state index contributed by atoms with van der Waals surface area (Å²) >= 11 is 0. The number of hydrogen-bond acceptors (Lipinski definition) is 5. The van der Waals surface area contributed by atoms with Crippen LogP contribution in [-0.2, 0) is 0 Å². The molecule has 0 saturated carbocycles. The Morgan fingerprint density at radius 1 is 1.40 bits per heavy atom. The lowest BCUT2D eigenvalue weighted by Crippen LogP contribution is -2.18. The fraction of sp³-hybridized carbons (Fsp3) is 0.143. The van der Waals surface area contributed by atoms with Gasteiger partial charge in [-0.3, -0.25) is 0 Å². The van der Waals surface area contributed by atoms with Crippen LogP contribution in [0.4, 0.5) is 24.7 Å². The first kappa shape index (κ1) is 10.9. The third kappa shape index (κ3) is 2.63. The smallest absolute Gasteiger partial charge is 0.403 e. The van der Waals surface area contributed by atoms with Crippen molar-refractivity contribution in [2.45, 2.75) is 6.36 Å². The van der Waals surface area contributed by atoms with E-state index in [1.807, 2.05) is 0 Å². The van der Waals surface area contributed by atoms with E-state index in [1.165, 1.54) is 6.07 Å². The van der Waals surface area contributed by atoms with Crippen LogP contribution in [0.3, 0.4) is 0 Å². The average molecular weight is 218 g/mol. The summed E-state index contributed by atoms with van der Waals surface area (Å²) in [5, 5.41) is 8.43. The number of hydrogen-bond donors (Lipinski definition) is 2. The quantitative estimate of drug-likeness (QED) is 0.733. The van der Waals surface area contributed by atoms with Crippen molar-refractivity contribution in [3.63, 3.8) is 0 Å². The van der Waals surface area contributed by atoms with Crippen LogP contribution in [0.15, 0.2) is 6.07 Å². The van der Waals surface area contributed by atoms with Gasteiger partial charge in [-0.1, -0.05) is 0 Å². The van der Waals surface area contributed by atoms with E-state index < -0.39 is 17.8 Å². The summed E-state index contributed by atoms with van der Waals surface area (Å²) in [6.07, 6.45) is -4.89. The van der Waals surface area contributed by atoms with Gasteiger partial charge in [0, 0.05) is 6.07 Å². The Kier molecular flexibility index (Phi) is 2.57. The monoisotopic (exact) mass is 218 g/mol. The number of nitrogens with two attached hydrogens (primary N) is 2. The molecule has 0 radical (unpaired) electrons. The molecule has 1 aromatic rings. The van der Waals surface area contributed by atoms with Crippen molar-refractivity contribution >= 4 is 11.5 Å². The lowest BCUT2D eigenvalue weighted by molar-refractivity contribution is -0.274. The Labute approximate surface area is 82.1 Å². The number of nitrogens with zero attached hydrogens (tertiary/aromatic N) is 2. The molecule has 0 aliphatic carbocycles. The highest BCUT2D eigenvalue weighted by Gasteiger charge is 2.32. The maximum Gasteiger partial charge on any atom is 0.573 e. The number of rotatable bonds is 1. The third-order valence-corrected chi connectivity index (χ3v) is 1.39. The molecule has 0 fully saturated rings. The van der Waals surface area contributed by atoms with Gasteiger partial charge >= 0.3 is 6.36 Å². The second kappa shape index (κ2) is 3.53. The van der Waals surface area contributed by atoms with Crippen LogP contribution in [0.1, 0.15) is 5.69 Å². The predicted octanol–water partition coefficient (Wildman–Crippen LogP) is 1.02. The molecular weight excluding hydrogens is 213 g/mol. The van der Waals surface area contributed by atoms with Gasteiger partial charge in [0.25, 0.3) is 0 Å². The van der Waals surface area contributed by atoms with Crippen LogP contribution < -0.4 is 16.2 Å². The van der Waals surface area contributed by atoms with Gasteiger partial charge < -0.3 is 16.2 Å². The normalized spacial score (nSPS) is 10.8. The zero-order valence-corrected chi connectivity index (χ0v) is 7.17. The van der Waals surface area contributed by atoms with Crippen LogP contribution in [0.2, 0.25) is 0 Å². The molecule has 4 N–H and O–H groups in total. The molecule has 0 aromatic carbocycles. The third-order valence-electron chi connectivity index (χ3n) is 1.39. The summed E-state index contributed by atoms with van der Waals surface area (Å²) in [5.74, 6) is -1.11. The maximum absolute atomic E-state index is 11.9. The van der Waals surface area contributed by atoms with Crippen molar-refractivity contribution in [2.24, 2.45) is 0 Å². The van der Waals surface area contributed by atoms with E-state index >= 15 is 0 Å². The SMILES string of the molecule is N#Cc1cc(OC(F)(F)F)c(N)c(N)n1. The van der Waals surface area contributed by atoms with Crippen molar-refractivity contribution in [3.8, 4) is 11.8 Å². The van der Waals surface area contributed by atoms with E-state index in [-0.39, 0.29) is 11.5 Å². The van der Waals surface area contributed by atoms with Crippen LogP contribution in [0, 0.1) is 11.3 Å². The van der Waals surface area contributed by atoms with Crippen molar-refractivity contribution in [1.82, 2.24) is 4.98 Å². The average Bonchev–Trinajstić information content (AvgIpc) is 2.10. The van der Waals surface area contributed by atoms with Crippen molar-refractivity contribution in [1.29, 1.82) is 5.26 Å². The van der Waals surface area contributed by atoms with Crippen LogP contribution in [-0.4, -0.2) is 11.3 Å².